The number of pyridine rings is 1. The monoisotopic (exact) mass is 439 g/mol. The van der Waals surface area contributed by atoms with E-state index in [0.29, 0.717) is 28.9 Å². The maximum Gasteiger partial charge on any atom is 0.228 e. The van der Waals surface area contributed by atoms with Crippen molar-refractivity contribution >= 4 is 16.8 Å². The predicted molar refractivity (Wildman–Crippen MR) is 125 cm³/mol. The second-order valence-electron chi connectivity index (χ2n) is 9.01. The van der Waals surface area contributed by atoms with E-state index in [4.69, 9.17) is 9.47 Å². The highest BCUT2D eigenvalue weighted by molar-refractivity contribution is 6.08. The number of aromatic amines is 1. The van der Waals surface area contributed by atoms with Gasteiger partial charge in [0.2, 0.25) is 11.7 Å². The maximum absolute atomic E-state index is 12.9. The van der Waals surface area contributed by atoms with E-state index in [2.05, 4.69) is 21.0 Å². The number of aromatic nitrogens is 3. The number of H-pyrrole nitrogens is 1. The van der Waals surface area contributed by atoms with Gasteiger partial charge in [0.15, 0.2) is 5.82 Å². The molecule has 1 N–H and O–H groups in total. The van der Waals surface area contributed by atoms with E-state index in [1.807, 2.05) is 42.5 Å². The van der Waals surface area contributed by atoms with Gasteiger partial charge in [-0.1, -0.05) is 18.2 Å². The molecule has 2 fully saturated rings. The van der Waals surface area contributed by atoms with Gasteiger partial charge < -0.3 is 14.5 Å². The molecule has 0 bridgehead atoms. The fraction of sp³-hybridized carbons (Fsp3) is 0.296. The van der Waals surface area contributed by atoms with Gasteiger partial charge in [0.25, 0.3) is 0 Å². The van der Waals surface area contributed by atoms with Gasteiger partial charge in [0, 0.05) is 17.3 Å². The first-order valence-corrected chi connectivity index (χ1v) is 11.6. The molecule has 2 aromatic heterocycles. The van der Waals surface area contributed by atoms with Crippen LogP contribution in [0.1, 0.15) is 59.8 Å². The van der Waals surface area contributed by atoms with Gasteiger partial charge in [-0.25, -0.2) is 9.97 Å². The molecule has 6 rings (SSSR count). The van der Waals surface area contributed by atoms with Crippen molar-refractivity contribution in [2.75, 3.05) is 6.61 Å². The summed E-state index contributed by atoms with van der Waals surface area (Å²) in [7, 11) is 0. The Labute approximate surface area is 192 Å². The van der Waals surface area contributed by atoms with Crippen LogP contribution in [0.4, 0.5) is 0 Å². The lowest BCUT2D eigenvalue weighted by molar-refractivity contribution is -0.166. The zero-order chi connectivity index (χ0) is 22.3. The Balaban J connectivity index is 1.18. The van der Waals surface area contributed by atoms with Crippen molar-refractivity contribution in [2.45, 2.75) is 43.6 Å². The molecule has 0 amide bonds. The second kappa shape index (κ2) is 8.12. The Hall–Kier alpha value is -3.51. The smallest absolute Gasteiger partial charge is 0.228 e. The molecule has 0 radical (unpaired) electrons. The largest absolute Gasteiger partial charge is 0.439 e. The number of carbonyl (C=O) groups excluding carboxylic acids is 1. The predicted octanol–water partition coefficient (Wildman–Crippen LogP) is 5.80. The minimum Gasteiger partial charge on any atom is -0.439 e. The number of imidazole rings is 1. The van der Waals surface area contributed by atoms with Crippen LogP contribution in [0.3, 0.4) is 0 Å². The summed E-state index contributed by atoms with van der Waals surface area (Å²) in [4.78, 5) is 24.9. The van der Waals surface area contributed by atoms with Crippen LogP contribution in [0.5, 0.6) is 11.6 Å². The van der Waals surface area contributed by atoms with Crippen LogP contribution in [-0.2, 0) is 4.74 Å². The summed E-state index contributed by atoms with van der Waals surface area (Å²) in [5, 5.41) is 0. The number of fused-ring (bicyclic) bond motifs is 1. The molecule has 4 aromatic rings. The van der Waals surface area contributed by atoms with E-state index in [1.165, 1.54) is 6.42 Å². The van der Waals surface area contributed by atoms with Gasteiger partial charge in [-0.05, 0) is 80.5 Å². The first-order valence-electron chi connectivity index (χ1n) is 11.6. The van der Waals surface area contributed by atoms with Gasteiger partial charge in [0.1, 0.15) is 5.75 Å². The fourth-order valence-corrected chi connectivity index (χ4v) is 5.02. The Bertz CT molecular complexity index is 1260. The summed E-state index contributed by atoms with van der Waals surface area (Å²) in [6, 6.07) is 18.9. The number of hydrogen-bond acceptors (Lipinski definition) is 5. The van der Waals surface area contributed by atoms with Gasteiger partial charge in [-0.2, -0.15) is 0 Å². The fourth-order valence-electron chi connectivity index (χ4n) is 5.02. The number of carbonyl (C=O) groups is 1. The minimum absolute atomic E-state index is 0.141. The van der Waals surface area contributed by atoms with Gasteiger partial charge in [0.05, 0.1) is 23.2 Å². The van der Waals surface area contributed by atoms with Crippen molar-refractivity contribution < 1.29 is 14.3 Å². The van der Waals surface area contributed by atoms with Gasteiger partial charge >= 0.3 is 0 Å². The van der Waals surface area contributed by atoms with Crippen LogP contribution < -0.4 is 4.74 Å². The summed E-state index contributed by atoms with van der Waals surface area (Å²) >= 11 is 0. The maximum atomic E-state index is 12.9. The number of hydrogen-bond donors (Lipinski definition) is 1. The molecule has 1 saturated carbocycles. The molecular formula is C27H25N3O3. The molecule has 6 heteroatoms. The van der Waals surface area contributed by atoms with Crippen molar-refractivity contribution in [3.8, 4) is 11.6 Å². The van der Waals surface area contributed by atoms with Crippen LogP contribution in [0.2, 0.25) is 0 Å². The molecule has 1 aliphatic heterocycles. The third-order valence-corrected chi connectivity index (χ3v) is 7.04. The summed E-state index contributed by atoms with van der Waals surface area (Å²) < 4.78 is 12.0. The van der Waals surface area contributed by atoms with Crippen molar-refractivity contribution in [3.05, 3.63) is 83.8 Å². The topological polar surface area (TPSA) is 77.1 Å². The molecule has 0 atom stereocenters. The number of benzene rings is 2. The first-order chi connectivity index (χ1) is 16.2. The van der Waals surface area contributed by atoms with Crippen molar-refractivity contribution in [2.24, 2.45) is 0 Å². The molecule has 2 aromatic carbocycles. The van der Waals surface area contributed by atoms with E-state index in [1.54, 1.807) is 18.3 Å². The lowest BCUT2D eigenvalue weighted by Crippen LogP contribution is -2.46. The first kappa shape index (κ1) is 20.1. The van der Waals surface area contributed by atoms with Crippen LogP contribution in [0.25, 0.3) is 11.0 Å². The molecule has 1 saturated heterocycles. The van der Waals surface area contributed by atoms with Crippen LogP contribution in [0, 0.1) is 0 Å². The molecule has 3 heterocycles. The average molecular weight is 440 g/mol. The summed E-state index contributed by atoms with van der Waals surface area (Å²) in [6.45, 7) is 0.904. The average Bonchev–Trinajstić information content (AvgIpc) is 3.28. The molecule has 33 heavy (non-hydrogen) atoms. The Kier molecular flexibility index (Phi) is 4.95. The van der Waals surface area contributed by atoms with Gasteiger partial charge in [-0.3, -0.25) is 4.79 Å². The minimum atomic E-state index is -0.148. The highest BCUT2D eigenvalue weighted by Gasteiger charge is 2.42. The van der Waals surface area contributed by atoms with Gasteiger partial charge in [-0.15, -0.1) is 0 Å². The third-order valence-electron chi connectivity index (χ3n) is 7.04. The van der Waals surface area contributed by atoms with Crippen LogP contribution in [-0.4, -0.2) is 32.9 Å². The molecular weight excluding hydrogens is 414 g/mol. The number of nitrogens with zero attached hydrogens (tertiary/aromatic N) is 2. The zero-order valence-electron chi connectivity index (χ0n) is 18.3. The lowest BCUT2D eigenvalue weighted by atomic mass is 9.73. The number of ether oxygens (including phenoxy) is 2. The summed E-state index contributed by atoms with van der Waals surface area (Å²) in [5.41, 5.74) is 3.47. The third kappa shape index (κ3) is 3.80. The molecule has 1 spiro atoms. The van der Waals surface area contributed by atoms with E-state index < -0.39 is 0 Å². The highest BCUT2D eigenvalue weighted by atomic mass is 16.5. The van der Waals surface area contributed by atoms with Crippen molar-refractivity contribution in [1.82, 2.24) is 15.0 Å². The van der Waals surface area contributed by atoms with Crippen LogP contribution in [0.15, 0.2) is 66.9 Å². The number of rotatable bonds is 5. The van der Waals surface area contributed by atoms with Crippen LogP contribution >= 0.6 is 0 Å². The Morgan fingerprint density at radius 3 is 2.52 bits per heavy atom. The summed E-state index contributed by atoms with van der Waals surface area (Å²) in [6.07, 6.45) is 7.34. The molecule has 0 unspecified atom stereocenters. The molecule has 166 valence electrons. The van der Waals surface area contributed by atoms with E-state index in [9.17, 15) is 4.79 Å². The van der Waals surface area contributed by atoms with Crippen molar-refractivity contribution in [1.29, 1.82) is 0 Å². The van der Waals surface area contributed by atoms with E-state index in [0.717, 1.165) is 48.9 Å². The number of nitrogens with one attached hydrogen (secondary N) is 1. The normalized spacial score (nSPS) is 22.2. The van der Waals surface area contributed by atoms with E-state index >= 15 is 0 Å². The highest BCUT2D eigenvalue weighted by Crippen LogP contribution is 2.47. The standard InChI is InChI=1S/C27H25N3O3/c31-24(25-29-22-5-1-2-6-23(22)30-25)19-7-9-20(10-8-19)33-26-21(4-3-16-28-26)18-11-13-27(14-12-18)15-17-32-27/h1-10,16,18H,11-15,17H2,(H,29,30)/t18-,27-. The molecule has 2 aliphatic rings. The SMILES string of the molecule is O=C(c1ccc(Oc2ncccc2[C@H]2CC[C@@]3(CCO3)CC2)cc1)c1nc2ccccc2[nH]1. The number of para-hydroxylation sites is 2. The molecule has 1 aliphatic carbocycles. The Morgan fingerprint density at radius 2 is 1.79 bits per heavy atom. The quantitative estimate of drug-likeness (QED) is 0.398. The lowest BCUT2D eigenvalue weighted by Gasteiger charge is -2.46. The van der Waals surface area contributed by atoms with Crippen molar-refractivity contribution in [3.63, 3.8) is 0 Å². The zero-order valence-corrected chi connectivity index (χ0v) is 18.3. The Morgan fingerprint density at radius 1 is 1.00 bits per heavy atom. The number of ketones is 1. The molecule has 6 nitrogen and oxygen atoms in total. The van der Waals surface area contributed by atoms with E-state index in [-0.39, 0.29) is 11.4 Å². The second-order valence-corrected chi connectivity index (χ2v) is 9.01. The summed E-state index contributed by atoms with van der Waals surface area (Å²) in [5.74, 6) is 1.92.